The van der Waals surface area contributed by atoms with Crippen molar-refractivity contribution in [1.82, 2.24) is 19.4 Å². The summed E-state index contributed by atoms with van der Waals surface area (Å²) in [7, 11) is 0. The standard InChI is InChI=1S/C16H19N5O2/c1-11(2)22-5-6-23-12-3-4-21-14(9-19-16(21)7-12)13-8-18-10-15(17)20-13/h3-4,7-11H,5-6H2,1-2H3,(H2,17,20). The van der Waals surface area contributed by atoms with Gasteiger partial charge in [0.25, 0.3) is 0 Å². The number of fused-ring (bicyclic) bond motifs is 1. The van der Waals surface area contributed by atoms with Crippen molar-refractivity contribution >= 4 is 11.5 Å². The average Bonchev–Trinajstić information content (AvgIpc) is 2.94. The summed E-state index contributed by atoms with van der Waals surface area (Å²) in [6.45, 7) is 5.05. The summed E-state index contributed by atoms with van der Waals surface area (Å²) in [5.74, 6) is 1.13. The maximum atomic E-state index is 5.69. The number of nitrogens with two attached hydrogens (primary N) is 1. The van der Waals surface area contributed by atoms with Gasteiger partial charge in [-0.05, 0) is 19.9 Å². The van der Waals surface area contributed by atoms with E-state index in [0.717, 1.165) is 17.1 Å². The topological polar surface area (TPSA) is 87.6 Å². The van der Waals surface area contributed by atoms with Gasteiger partial charge in [-0.25, -0.2) is 9.97 Å². The molecule has 23 heavy (non-hydrogen) atoms. The highest BCUT2D eigenvalue weighted by Gasteiger charge is 2.09. The molecule has 3 aromatic heterocycles. The minimum Gasteiger partial charge on any atom is -0.491 e. The molecule has 0 spiro atoms. The van der Waals surface area contributed by atoms with Gasteiger partial charge in [0.05, 0.1) is 37.0 Å². The Morgan fingerprint density at radius 2 is 2.09 bits per heavy atom. The Balaban J connectivity index is 1.77. The normalized spacial score (nSPS) is 11.3. The van der Waals surface area contributed by atoms with E-state index in [2.05, 4.69) is 15.0 Å². The van der Waals surface area contributed by atoms with Crippen molar-refractivity contribution in [2.24, 2.45) is 0 Å². The molecule has 0 aliphatic carbocycles. The predicted octanol–water partition coefficient (Wildman–Crippen LogP) is 2.18. The van der Waals surface area contributed by atoms with E-state index >= 15 is 0 Å². The fraction of sp³-hybridized carbons (Fsp3) is 0.312. The molecule has 0 amide bonds. The summed E-state index contributed by atoms with van der Waals surface area (Å²) in [6.07, 6.45) is 7.01. The number of rotatable bonds is 6. The minimum absolute atomic E-state index is 0.204. The zero-order valence-electron chi connectivity index (χ0n) is 13.1. The first-order valence-electron chi connectivity index (χ1n) is 7.43. The second-order valence-corrected chi connectivity index (χ2v) is 5.33. The van der Waals surface area contributed by atoms with Gasteiger partial charge in [-0.1, -0.05) is 0 Å². The van der Waals surface area contributed by atoms with Gasteiger partial charge < -0.3 is 15.2 Å². The van der Waals surface area contributed by atoms with Gasteiger partial charge in [0, 0.05) is 12.3 Å². The highest BCUT2D eigenvalue weighted by Crippen LogP contribution is 2.21. The number of ether oxygens (including phenoxy) is 2. The van der Waals surface area contributed by atoms with Crippen LogP contribution in [-0.4, -0.2) is 38.7 Å². The molecule has 3 heterocycles. The van der Waals surface area contributed by atoms with Crippen molar-refractivity contribution < 1.29 is 9.47 Å². The van der Waals surface area contributed by atoms with E-state index in [1.165, 1.54) is 6.20 Å². The molecule has 0 bridgehead atoms. The van der Waals surface area contributed by atoms with Crippen molar-refractivity contribution in [1.29, 1.82) is 0 Å². The number of hydrogen-bond acceptors (Lipinski definition) is 6. The van der Waals surface area contributed by atoms with Crippen LogP contribution in [0.5, 0.6) is 5.75 Å². The van der Waals surface area contributed by atoms with Crippen molar-refractivity contribution in [3.05, 3.63) is 36.9 Å². The number of pyridine rings is 1. The molecule has 7 heteroatoms. The Kier molecular flexibility index (Phi) is 4.38. The molecule has 0 fully saturated rings. The van der Waals surface area contributed by atoms with Crippen LogP contribution in [0.3, 0.4) is 0 Å². The first-order valence-corrected chi connectivity index (χ1v) is 7.43. The Hall–Kier alpha value is -2.67. The molecule has 120 valence electrons. The Bertz CT molecular complexity index is 800. The van der Waals surface area contributed by atoms with Crippen LogP contribution in [-0.2, 0) is 4.74 Å². The van der Waals surface area contributed by atoms with E-state index in [-0.39, 0.29) is 6.10 Å². The SMILES string of the molecule is CC(C)OCCOc1ccn2c(-c3cncc(N)n3)cnc2c1. The van der Waals surface area contributed by atoms with Gasteiger partial charge >= 0.3 is 0 Å². The summed E-state index contributed by atoms with van der Waals surface area (Å²) < 4.78 is 13.0. The van der Waals surface area contributed by atoms with Gasteiger partial charge in [-0.2, -0.15) is 0 Å². The van der Waals surface area contributed by atoms with E-state index in [0.29, 0.717) is 24.7 Å². The van der Waals surface area contributed by atoms with Crippen molar-refractivity contribution in [2.75, 3.05) is 18.9 Å². The van der Waals surface area contributed by atoms with Crippen LogP contribution in [0.2, 0.25) is 0 Å². The number of aromatic nitrogens is 4. The third-order valence-corrected chi connectivity index (χ3v) is 3.20. The van der Waals surface area contributed by atoms with Crippen LogP contribution in [0, 0.1) is 0 Å². The summed E-state index contributed by atoms with van der Waals surface area (Å²) in [6, 6.07) is 3.76. The van der Waals surface area contributed by atoms with Crippen LogP contribution >= 0.6 is 0 Å². The molecular formula is C16H19N5O2. The minimum atomic E-state index is 0.204. The lowest BCUT2D eigenvalue weighted by Gasteiger charge is -2.09. The average molecular weight is 313 g/mol. The van der Waals surface area contributed by atoms with Crippen LogP contribution in [0.4, 0.5) is 5.82 Å². The smallest absolute Gasteiger partial charge is 0.142 e. The molecule has 0 saturated heterocycles. The fourth-order valence-electron chi connectivity index (χ4n) is 2.19. The molecule has 0 saturated carbocycles. The third-order valence-electron chi connectivity index (χ3n) is 3.20. The Morgan fingerprint density at radius 1 is 1.22 bits per heavy atom. The zero-order chi connectivity index (χ0) is 16.2. The molecule has 7 nitrogen and oxygen atoms in total. The predicted molar refractivity (Wildman–Crippen MR) is 87.2 cm³/mol. The van der Waals surface area contributed by atoms with Gasteiger partial charge in [0.1, 0.15) is 29.5 Å². The third kappa shape index (κ3) is 3.57. The molecule has 0 aromatic carbocycles. The molecule has 0 radical (unpaired) electrons. The van der Waals surface area contributed by atoms with E-state index < -0.39 is 0 Å². The van der Waals surface area contributed by atoms with E-state index in [9.17, 15) is 0 Å². The fourth-order valence-corrected chi connectivity index (χ4v) is 2.19. The van der Waals surface area contributed by atoms with Crippen molar-refractivity contribution in [3.8, 4) is 17.1 Å². The molecule has 3 aromatic rings. The number of imidazole rings is 1. The Morgan fingerprint density at radius 3 is 2.87 bits per heavy atom. The number of nitrogens with zero attached hydrogens (tertiary/aromatic N) is 4. The zero-order valence-corrected chi connectivity index (χ0v) is 13.1. The maximum absolute atomic E-state index is 5.69. The number of nitrogen functional groups attached to an aromatic ring is 1. The van der Waals surface area contributed by atoms with E-state index in [1.54, 1.807) is 12.4 Å². The van der Waals surface area contributed by atoms with Gasteiger partial charge in [-0.3, -0.25) is 9.38 Å². The van der Waals surface area contributed by atoms with Crippen LogP contribution in [0.1, 0.15) is 13.8 Å². The van der Waals surface area contributed by atoms with E-state index in [4.69, 9.17) is 15.2 Å². The van der Waals surface area contributed by atoms with Crippen LogP contribution in [0.15, 0.2) is 36.9 Å². The van der Waals surface area contributed by atoms with Crippen LogP contribution in [0.25, 0.3) is 17.0 Å². The highest BCUT2D eigenvalue weighted by atomic mass is 16.5. The maximum Gasteiger partial charge on any atom is 0.142 e. The quantitative estimate of drug-likeness (QED) is 0.702. The molecule has 0 aliphatic heterocycles. The van der Waals surface area contributed by atoms with Crippen molar-refractivity contribution in [3.63, 3.8) is 0 Å². The first kappa shape index (κ1) is 15.2. The van der Waals surface area contributed by atoms with Gasteiger partial charge in [0.15, 0.2) is 0 Å². The lowest BCUT2D eigenvalue weighted by molar-refractivity contribution is 0.0553. The summed E-state index contributed by atoms with van der Waals surface area (Å²) in [5.41, 5.74) is 7.96. The molecular weight excluding hydrogens is 294 g/mol. The number of anilines is 1. The van der Waals surface area contributed by atoms with Crippen molar-refractivity contribution in [2.45, 2.75) is 20.0 Å². The molecule has 0 aliphatic rings. The molecule has 0 atom stereocenters. The molecule has 0 unspecified atom stereocenters. The Labute approximate surface area is 134 Å². The summed E-state index contributed by atoms with van der Waals surface area (Å²) in [5, 5.41) is 0. The first-order chi connectivity index (χ1) is 11.1. The molecule has 3 rings (SSSR count). The summed E-state index contributed by atoms with van der Waals surface area (Å²) >= 11 is 0. The lowest BCUT2D eigenvalue weighted by atomic mass is 10.3. The van der Waals surface area contributed by atoms with E-state index in [1.807, 2.05) is 36.6 Å². The van der Waals surface area contributed by atoms with Gasteiger partial charge in [0.2, 0.25) is 0 Å². The highest BCUT2D eigenvalue weighted by molar-refractivity contribution is 5.61. The van der Waals surface area contributed by atoms with Gasteiger partial charge in [-0.15, -0.1) is 0 Å². The monoisotopic (exact) mass is 313 g/mol. The second-order valence-electron chi connectivity index (χ2n) is 5.33. The lowest BCUT2D eigenvalue weighted by Crippen LogP contribution is -2.11. The molecule has 2 N–H and O–H groups in total. The number of hydrogen-bond donors (Lipinski definition) is 1. The summed E-state index contributed by atoms with van der Waals surface area (Å²) in [4.78, 5) is 12.7. The van der Waals surface area contributed by atoms with Crippen LogP contribution < -0.4 is 10.5 Å². The second kappa shape index (κ2) is 6.62. The largest absolute Gasteiger partial charge is 0.491 e.